The standard InChI is InChI=1S/C26H43N5O5/c1-5-17(4)22(31-23(32)19(28)13-9-10-14-27)25(34)29-20(15-18-11-7-6-8-12-18)24(33)30-21(16(2)3)26(35)36/h6-8,11-12,16-17,19-22H,5,9-10,13-15,27-28H2,1-4H3,(H,29,34)(H,30,33)(H,31,32)(H,35,36). The third-order valence-electron chi connectivity index (χ3n) is 6.25. The van der Waals surface area contributed by atoms with E-state index in [2.05, 4.69) is 16.0 Å². The number of hydrogen-bond donors (Lipinski definition) is 6. The Morgan fingerprint density at radius 1 is 0.889 bits per heavy atom. The highest BCUT2D eigenvalue weighted by Crippen LogP contribution is 2.12. The average Bonchev–Trinajstić information content (AvgIpc) is 2.84. The van der Waals surface area contributed by atoms with E-state index in [0.717, 1.165) is 12.0 Å². The van der Waals surface area contributed by atoms with Gasteiger partial charge in [0.15, 0.2) is 0 Å². The van der Waals surface area contributed by atoms with E-state index in [1.807, 2.05) is 44.2 Å². The maximum absolute atomic E-state index is 13.3. The number of rotatable bonds is 16. The van der Waals surface area contributed by atoms with Gasteiger partial charge in [-0.05, 0) is 36.8 Å². The number of carbonyl (C=O) groups is 4. The first-order valence-electron chi connectivity index (χ1n) is 12.6. The fraction of sp³-hybridized carbons (Fsp3) is 0.615. The first-order valence-corrected chi connectivity index (χ1v) is 12.6. The summed E-state index contributed by atoms with van der Waals surface area (Å²) >= 11 is 0. The molecule has 0 saturated carbocycles. The van der Waals surface area contributed by atoms with Crippen LogP contribution in [-0.4, -0.2) is 59.5 Å². The molecule has 0 saturated heterocycles. The van der Waals surface area contributed by atoms with E-state index in [0.29, 0.717) is 25.8 Å². The molecule has 8 N–H and O–H groups in total. The molecule has 1 aromatic carbocycles. The summed E-state index contributed by atoms with van der Waals surface area (Å²) in [5.74, 6) is -3.32. The monoisotopic (exact) mass is 505 g/mol. The molecule has 0 aromatic heterocycles. The number of carboxylic acid groups (broad SMARTS) is 1. The molecule has 1 rings (SSSR count). The van der Waals surface area contributed by atoms with Crippen LogP contribution in [0.15, 0.2) is 30.3 Å². The predicted molar refractivity (Wildman–Crippen MR) is 139 cm³/mol. The van der Waals surface area contributed by atoms with Crippen LogP contribution in [0.1, 0.15) is 58.9 Å². The zero-order valence-electron chi connectivity index (χ0n) is 21.8. The van der Waals surface area contributed by atoms with Crippen molar-refractivity contribution in [2.24, 2.45) is 23.3 Å². The molecule has 3 amide bonds. The molecule has 0 radical (unpaired) electrons. The zero-order chi connectivity index (χ0) is 27.3. The van der Waals surface area contributed by atoms with Crippen LogP contribution in [0.2, 0.25) is 0 Å². The van der Waals surface area contributed by atoms with E-state index in [9.17, 15) is 24.3 Å². The molecule has 0 heterocycles. The number of unbranched alkanes of at least 4 members (excludes halogenated alkanes) is 1. The van der Waals surface area contributed by atoms with Crippen molar-refractivity contribution in [1.82, 2.24) is 16.0 Å². The van der Waals surface area contributed by atoms with Gasteiger partial charge in [0.05, 0.1) is 6.04 Å². The maximum Gasteiger partial charge on any atom is 0.326 e. The van der Waals surface area contributed by atoms with Crippen molar-refractivity contribution in [2.45, 2.75) is 84.0 Å². The lowest BCUT2D eigenvalue weighted by Gasteiger charge is -2.28. The summed E-state index contributed by atoms with van der Waals surface area (Å²) < 4.78 is 0. The summed E-state index contributed by atoms with van der Waals surface area (Å²) in [4.78, 5) is 50.8. The third kappa shape index (κ3) is 10.3. The molecule has 0 bridgehead atoms. The summed E-state index contributed by atoms with van der Waals surface area (Å²) in [5.41, 5.74) is 12.3. The van der Waals surface area contributed by atoms with Crippen LogP contribution in [0.5, 0.6) is 0 Å². The quantitative estimate of drug-likeness (QED) is 0.181. The van der Waals surface area contributed by atoms with Crippen LogP contribution in [0.25, 0.3) is 0 Å². The smallest absolute Gasteiger partial charge is 0.326 e. The minimum absolute atomic E-state index is 0.155. The number of hydrogen-bond acceptors (Lipinski definition) is 6. The molecule has 0 aliphatic rings. The van der Waals surface area contributed by atoms with Crippen LogP contribution >= 0.6 is 0 Å². The Labute approximate surface area is 213 Å². The Morgan fingerprint density at radius 3 is 2.03 bits per heavy atom. The third-order valence-corrected chi connectivity index (χ3v) is 6.25. The van der Waals surface area contributed by atoms with E-state index in [4.69, 9.17) is 11.5 Å². The van der Waals surface area contributed by atoms with E-state index in [1.165, 1.54) is 0 Å². The molecule has 10 nitrogen and oxygen atoms in total. The molecule has 1 aromatic rings. The fourth-order valence-corrected chi connectivity index (χ4v) is 3.69. The van der Waals surface area contributed by atoms with Gasteiger partial charge in [-0.25, -0.2) is 4.79 Å². The zero-order valence-corrected chi connectivity index (χ0v) is 21.8. The second-order valence-corrected chi connectivity index (χ2v) is 9.58. The normalized spacial score (nSPS) is 15.3. The van der Waals surface area contributed by atoms with Gasteiger partial charge in [-0.3, -0.25) is 14.4 Å². The maximum atomic E-state index is 13.3. The van der Waals surface area contributed by atoms with Gasteiger partial charge in [0.25, 0.3) is 0 Å². The van der Waals surface area contributed by atoms with Crippen LogP contribution in [0.3, 0.4) is 0 Å². The first-order chi connectivity index (χ1) is 17.0. The highest BCUT2D eigenvalue weighted by atomic mass is 16.4. The van der Waals surface area contributed by atoms with Crippen molar-refractivity contribution in [1.29, 1.82) is 0 Å². The van der Waals surface area contributed by atoms with E-state index in [-0.39, 0.29) is 18.3 Å². The van der Waals surface area contributed by atoms with Crippen LogP contribution < -0.4 is 27.4 Å². The lowest BCUT2D eigenvalue weighted by molar-refractivity contribution is -0.143. The van der Waals surface area contributed by atoms with Crippen molar-refractivity contribution in [3.63, 3.8) is 0 Å². The van der Waals surface area contributed by atoms with E-state index >= 15 is 0 Å². The molecule has 202 valence electrons. The van der Waals surface area contributed by atoms with E-state index < -0.39 is 47.9 Å². The van der Waals surface area contributed by atoms with Gasteiger partial charge in [0.1, 0.15) is 18.1 Å². The molecule has 0 aliphatic carbocycles. The van der Waals surface area contributed by atoms with Crippen molar-refractivity contribution in [3.05, 3.63) is 35.9 Å². The highest BCUT2D eigenvalue weighted by molar-refractivity contribution is 5.94. The number of benzene rings is 1. The summed E-state index contributed by atoms with van der Waals surface area (Å²) in [6.07, 6.45) is 2.65. The van der Waals surface area contributed by atoms with Crippen LogP contribution in [0.4, 0.5) is 0 Å². The molecule has 5 unspecified atom stereocenters. The Hall–Kier alpha value is -2.98. The lowest BCUT2D eigenvalue weighted by Crippen LogP contribution is -2.59. The summed E-state index contributed by atoms with van der Waals surface area (Å²) in [5, 5.41) is 17.5. The van der Waals surface area contributed by atoms with Crippen molar-refractivity contribution in [2.75, 3.05) is 6.54 Å². The van der Waals surface area contributed by atoms with Gasteiger partial charge in [0, 0.05) is 6.42 Å². The Morgan fingerprint density at radius 2 is 1.50 bits per heavy atom. The van der Waals surface area contributed by atoms with Crippen LogP contribution in [0, 0.1) is 11.8 Å². The van der Waals surface area contributed by atoms with Gasteiger partial charge in [0.2, 0.25) is 17.7 Å². The Balaban J connectivity index is 3.09. The average molecular weight is 506 g/mol. The van der Waals surface area contributed by atoms with E-state index in [1.54, 1.807) is 13.8 Å². The number of carboxylic acids is 1. The Bertz CT molecular complexity index is 848. The summed E-state index contributed by atoms with van der Waals surface area (Å²) in [6, 6.07) is 5.27. The summed E-state index contributed by atoms with van der Waals surface area (Å²) in [7, 11) is 0. The number of amides is 3. The molecule has 0 aliphatic heterocycles. The number of nitrogens with two attached hydrogens (primary N) is 2. The Kier molecular flexibility index (Phi) is 13.7. The SMILES string of the molecule is CCC(C)C(NC(=O)C(N)CCCCN)C(=O)NC(Cc1ccccc1)C(=O)NC(C(=O)O)C(C)C. The number of carbonyl (C=O) groups excluding carboxylic acids is 3. The summed E-state index contributed by atoms with van der Waals surface area (Å²) in [6.45, 7) is 7.61. The molecule has 0 spiro atoms. The number of nitrogens with one attached hydrogen (secondary N) is 3. The van der Waals surface area contributed by atoms with Crippen molar-refractivity contribution < 1.29 is 24.3 Å². The molecule has 36 heavy (non-hydrogen) atoms. The largest absolute Gasteiger partial charge is 0.480 e. The second kappa shape index (κ2) is 15.9. The van der Waals surface area contributed by atoms with Gasteiger partial charge in [-0.15, -0.1) is 0 Å². The molecule has 10 heteroatoms. The van der Waals surface area contributed by atoms with Crippen molar-refractivity contribution >= 4 is 23.7 Å². The number of aliphatic carboxylic acids is 1. The topological polar surface area (TPSA) is 177 Å². The molecular weight excluding hydrogens is 462 g/mol. The molecule has 0 fully saturated rings. The van der Waals surface area contributed by atoms with Crippen LogP contribution in [-0.2, 0) is 25.6 Å². The minimum atomic E-state index is -1.16. The van der Waals surface area contributed by atoms with Gasteiger partial charge < -0.3 is 32.5 Å². The van der Waals surface area contributed by atoms with Gasteiger partial charge in [-0.2, -0.15) is 0 Å². The first kappa shape index (κ1) is 31.1. The van der Waals surface area contributed by atoms with Gasteiger partial charge >= 0.3 is 5.97 Å². The highest BCUT2D eigenvalue weighted by Gasteiger charge is 2.33. The predicted octanol–water partition coefficient (Wildman–Crippen LogP) is 0.927. The second-order valence-electron chi connectivity index (χ2n) is 9.58. The van der Waals surface area contributed by atoms with Crippen molar-refractivity contribution in [3.8, 4) is 0 Å². The van der Waals surface area contributed by atoms with Gasteiger partial charge in [-0.1, -0.05) is 70.9 Å². The molecule has 5 atom stereocenters. The fourth-order valence-electron chi connectivity index (χ4n) is 3.69. The lowest BCUT2D eigenvalue weighted by atomic mass is 9.96. The minimum Gasteiger partial charge on any atom is -0.480 e. The molecular formula is C26H43N5O5.